The van der Waals surface area contributed by atoms with Crippen LogP contribution in [0.2, 0.25) is 0 Å². The number of carbonyl (C=O) groups is 1. The lowest BCUT2D eigenvalue weighted by Crippen LogP contribution is -2.26. The molecule has 13 heavy (non-hydrogen) atoms. The van der Waals surface area contributed by atoms with Gasteiger partial charge in [-0.1, -0.05) is 12.8 Å². The van der Waals surface area contributed by atoms with Crippen LogP contribution in [0.5, 0.6) is 0 Å². The summed E-state index contributed by atoms with van der Waals surface area (Å²) in [7, 11) is 0. The van der Waals surface area contributed by atoms with Crippen LogP contribution in [0, 0.1) is 5.92 Å². The van der Waals surface area contributed by atoms with Crippen LogP contribution in [-0.4, -0.2) is 24.2 Å². The lowest BCUT2D eigenvalue weighted by atomic mass is 10.0. The van der Waals surface area contributed by atoms with Gasteiger partial charge < -0.3 is 10.4 Å². The smallest absolute Gasteiger partial charge is 0.220 e. The lowest BCUT2D eigenvalue weighted by Gasteiger charge is -2.08. The van der Waals surface area contributed by atoms with Gasteiger partial charge in [-0.25, -0.2) is 0 Å². The van der Waals surface area contributed by atoms with Gasteiger partial charge >= 0.3 is 0 Å². The highest BCUT2D eigenvalue weighted by molar-refractivity contribution is 5.76. The Kier molecular flexibility index (Phi) is 4.83. The van der Waals surface area contributed by atoms with Crippen molar-refractivity contribution in [3.63, 3.8) is 0 Å². The number of amides is 1. The maximum Gasteiger partial charge on any atom is 0.220 e. The van der Waals surface area contributed by atoms with Crippen molar-refractivity contribution < 1.29 is 9.90 Å². The van der Waals surface area contributed by atoms with Crippen LogP contribution in [0.15, 0.2) is 0 Å². The normalized spacial score (nSPS) is 17.6. The summed E-state index contributed by atoms with van der Waals surface area (Å²) < 4.78 is 0. The van der Waals surface area contributed by atoms with E-state index in [1.165, 1.54) is 25.7 Å². The minimum atomic E-state index is 0.153. The summed E-state index contributed by atoms with van der Waals surface area (Å²) in [5.41, 5.74) is 0. The number of carbonyl (C=O) groups excluding carboxylic acids is 1. The second-order valence-corrected chi connectivity index (χ2v) is 3.78. The van der Waals surface area contributed by atoms with Crippen molar-refractivity contribution in [1.82, 2.24) is 5.32 Å². The van der Waals surface area contributed by atoms with Gasteiger partial charge in [0.15, 0.2) is 0 Å². The fourth-order valence-corrected chi connectivity index (χ4v) is 1.86. The highest BCUT2D eigenvalue weighted by Crippen LogP contribution is 2.27. The average molecular weight is 185 g/mol. The minimum absolute atomic E-state index is 0.153. The van der Waals surface area contributed by atoms with Crippen molar-refractivity contribution in [3.8, 4) is 0 Å². The first-order valence-corrected chi connectivity index (χ1v) is 5.20. The molecule has 0 unspecified atom stereocenters. The van der Waals surface area contributed by atoms with Crippen molar-refractivity contribution in [3.05, 3.63) is 0 Å². The van der Waals surface area contributed by atoms with Crippen molar-refractivity contribution in [2.24, 2.45) is 5.92 Å². The molecule has 1 aliphatic carbocycles. The van der Waals surface area contributed by atoms with Gasteiger partial charge in [-0.3, -0.25) is 4.79 Å². The lowest BCUT2D eigenvalue weighted by molar-refractivity contribution is -0.122. The van der Waals surface area contributed by atoms with Crippen molar-refractivity contribution in [2.45, 2.75) is 38.5 Å². The van der Waals surface area contributed by atoms with Crippen LogP contribution in [0.25, 0.3) is 0 Å². The summed E-state index contributed by atoms with van der Waals surface area (Å²) in [6, 6.07) is 0. The van der Waals surface area contributed by atoms with E-state index in [0.29, 0.717) is 25.3 Å². The molecule has 0 aromatic heterocycles. The molecule has 3 heteroatoms. The molecule has 0 bridgehead atoms. The summed E-state index contributed by atoms with van der Waals surface area (Å²) >= 11 is 0. The van der Waals surface area contributed by atoms with Gasteiger partial charge in [0.2, 0.25) is 5.91 Å². The third-order valence-electron chi connectivity index (χ3n) is 2.61. The Morgan fingerprint density at radius 2 is 2.08 bits per heavy atom. The van der Waals surface area contributed by atoms with E-state index in [2.05, 4.69) is 5.32 Å². The van der Waals surface area contributed by atoms with Crippen molar-refractivity contribution >= 4 is 5.91 Å². The number of hydrogen-bond acceptors (Lipinski definition) is 2. The van der Waals surface area contributed by atoms with E-state index in [9.17, 15) is 4.79 Å². The van der Waals surface area contributed by atoms with E-state index < -0.39 is 0 Å². The Morgan fingerprint density at radius 3 is 2.69 bits per heavy atom. The summed E-state index contributed by atoms with van der Waals surface area (Å²) in [6.07, 6.45) is 6.35. The third kappa shape index (κ3) is 4.27. The molecule has 1 amide bonds. The SMILES string of the molecule is O=C(CC1CCCC1)NCCCO. The van der Waals surface area contributed by atoms with E-state index in [1.807, 2.05) is 0 Å². The highest BCUT2D eigenvalue weighted by atomic mass is 16.3. The maximum atomic E-state index is 11.3. The molecule has 0 heterocycles. The van der Waals surface area contributed by atoms with Crippen LogP contribution in [0.4, 0.5) is 0 Å². The van der Waals surface area contributed by atoms with Gasteiger partial charge in [-0.2, -0.15) is 0 Å². The summed E-state index contributed by atoms with van der Waals surface area (Å²) in [5, 5.41) is 11.3. The second-order valence-electron chi connectivity index (χ2n) is 3.78. The second kappa shape index (κ2) is 5.97. The molecule has 0 atom stereocenters. The largest absolute Gasteiger partial charge is 0.396 e. The van der Waals surface area contributed by atoms with Crippen molar-refractivity contribution in [1.29, 1.82) is 0 Å². The first kappa shape index (κ1) is 10.5. The van der Waals surface area contributed by atoms with Gasteiger partial charge in [0, 0.05) is 19.6 Å². The summed E-state index contributed by atoms with van der Waals surface area (Å²) in [5.74, 6) is 0.773. The maximum absolute atomic E-state index is 11.3. The van der Waals surface area contributed by atoms with Crippen LogP contribution in [-0.2, 0) is 4.79 Å². The zero-order valence-corrected chi connectivity index (χ0v) is 8.09. The molecule has 0 aliphatic heterocycles. The number of hydrogen-bond donors (Lipinski definition) is 2. The molecule has 0 aromatic rings. The molecule has 1 saturated carbocycles. The molecule has 0 aromatic carbocycles. The molecule has 0 radical (unpaired) electrons. The Labute approximate surface area is 79.5 Å². The van der Waals surface area contributed by atoms with E-state index in [0.717, 1.165) is 0 Å². The molecule has 3 nitrogen and oxygen atoms in total. The average Bonchev–Trinajstić information content (AvgIpc) is 2.57. The highest BCUT2D eigenvalue weighted by Gasteiger charge is 2.17. The minimum Gasteiger partial charge on any atom is -0.396 e. The van der Waals surface area contributed by atoms with Gasteiger partial charge in [-0.15, -0.1) is 0 Å². The molecule has 2 N–H and O–H groups in total. The van der Waals surface area contributed by atoms with E-state index in [1.54, 1.807) is 0 Å². The molecule has 1 aliphatic rings. The monoisotopic (exact) mass is 185 g/mol. The molecule has 0 saturated heterocycles. The molecular formula is C10H19NO2. The van der Waals surface area contributed by atoms with Crippen LogP contribution >= 0.6 is 0 Å². The first-order valence-electron chi connectivity index (χ1n) is 5.20. The fraction of sp³-hybridized carbons (Fsp3) is 0.900. The number of rotatable bonds is 5. The molecule has 0 spiro atoms. The van der Waals surface area contributed by atoms with E-state index in [4.69, 9.17) is 5.11 Å². The third-order valence-corrected chi connectivity index (χ3v) is 2.61. The van der Waals surface area contributed by atoms with Gasteiger partial charge in [0.05, 0.1) is 0 Å². The molecule has 1 rings (SSSR count). The zero-order valence-electron chi connectivity index (χ0n) is 8.09. The quantitative estimate of drug-likeness (QED) is 0.629. The molecular weight excluding hydrogens is 166 g/mol. The molecule has 76 valence electrons. The number of aliphatic hydroxyl groups excluding tert-OH is 1. The van der Waals surface area contributed by atoms with Crippen molar-refractivity contribution in [2.75, 3.05) is 13.2 Å². The Balaban J connectivity index is 2.02. The fourth-order valence-electron chi connectivity index (χ4n) is 1.86. The zero-order chi connectivity index (χ0) is 9.52. The predicted octanol–water partition coefficient (Wildman–Crippen LogP) is 1.07. The summed E-state index contributed by atoms with van der Waals surface area (Å²) in [6.45, 7) is 0.770. The Bertz CT molecular complexity index is 153. The number of nitrogens with one attached hydrogen (secondary N) is 1. The van der Waals surface area contributed by atoms with Gasteiger partial charge in [-0.05, 0) is 25.2 Å². The summed E-state index contributed by atoms with van der Waals surface area (Å²) in [4.78, 5) is 11.3. The number of aliphatic hydroxyl groups is 1. The standard InChI is InChI=1S/C10H19NO2/c12-7-3-6-11-10(13)8-9-4-1-2-5-9/h9,12H,1-8H2,(H,11,13). The Morgan fingerprint density at radius 1 is 1.38 bits per heavy atom. The van der Waals surface area contributed by atoms with Gasteiger partial charge in [0.1, 0.15) is 0 Å². The Hall–Kier alpha value is -0.570. The van der Waals surface area contributed by atoms with Crippen LogP contribution in [0.1, 0.15) is 38.5 Å². The topological polar surface area (TPSA) is 49.3 Å². The van der Waals surface area contributed by atoms with Crippen LogP contribution in [0.3, 0.4) is 0 Å². The predicted molar refractivity (Wildman–Crippen MR) is 51.3 cm³/mol. The molecule has 1 fully saturated rings. The van der Waals surface area contributed by atoms with Crippen LogP contribution < -0.4 is 5.32 Å². The first-order chi connectivity index (χ1) is 6.33. The van der Waals surface area contributed by atoms with E-state index >= 15 is 0 Å². The van der Waals surface area contributed by atoms with Gasteiger partial charge in [0.25, 0.3) is 0 Å². The van der Waals surface area contributed by atoms with E-state index in [-0.39, 0.29) is 12.5 Å².